The normalized spacial score (nSPS) is 11.4. The van der Waals surface area contributed by atoms with Crippen LogP contribution in [0, 0.1) is 0 Å². The summed E-state index contributed by atoms with van der Waals surface area (Å²) in [6.07, 6.45) is 0. The molecule has 2 aromatic carbocycles. The van der Waals surface area contributed by atoms with E-state index >= 15 is 0 Å². The molecule has 2 rings (SSSR count). The van der Waals surface area contributed by atoms with Crippen molar-refractivity contribution in [2.45, 2.75) is 19.9 Å². The first-order valence-corrected chi connectivity index (χ1v) is 7.97. The summed E-state index contributed by atoms with van der Waals surface area (Å²) in [6, 6.07) is 15.7. The second kappa shape index (κ2) is 8.39. The van der Waals surface area contributed by atoms with Crippen LogP contribution in [0.3, 0.4) is 0 Å². The molecule has 0 radical (unpaired) electrons. The number of thiocarbonyl (C=S) groups is 1. The molecule has 1 atom stereocenters. The zero-order chi connectivity index (χ0) is 16.7. The van der Waals surface area contributed by atoms with E-state index in [1.165, 1.54) is 0 Å². The fourth-order valence-electron chi connectivity index (χ4n) is 2.14. The molecule has 0 fully saturated rings. The second-order valence-corrected chi connectivity index (χ2v) is 5.46. The Bertz CT molecular complexity index is 626. The Morgan fingerprint density at radius 2 is 1.65 bits per heavy atom. The van der Waals surface area contributed by atoms with Gasteiger partial charge in [0.05, 0.1) is 19.8 Å². The van der Waals surface area contributed by atoms with Gasteiger partial charge >= 0.3 is 0 Å². The number of hydrogen-bond acceptors (Lipinski definition) is 3. The maximum absolute atomic E-state index is 5.42. The average Bonchev–Trinajstić information content (AvgIpc) is 2.57. The molecule has 122 valence electrons. The maximum Gasteiger partial charge on any atom is 0.171 e. The quantitative estimate of drug-likeness (QED) is 0.779. The van der Waals surface area contributed by atoms with Gasteiger partial charge in [0.2, 0.25) is 0 Å². The topological polar surface area (TPSA) is 42.5 Å². The van der Waals surface area contributed by atoms with Gasteiger partial charge in [-0.05, 0) is 68.0 Å². The zero-order valence-electron chi connectivity index (χ0n) is 13.6. The summed E-state index contributed by atoms with van der Waals surface area (Å²) in [6.45, 7) is 4.69. The predicted molar refractivity (Wildman–Crippen MR) is 98.4 cm³/mol. The molecule has 0 unspecified atom stereocenters. The Hall–Kier alpha value is -2.27. The van der Waals surface area contributed by atoms with Crippen molar-refractivity contribution in [1.82, 2.24) is 5.32 Å². The smallest absolute Gasteiger partial charge is 0.171 e. The molecular formula is C18H22N2O2S. The van der Waals surface area contributed by atoms with E-state index in [1.807, 2.05) is 55.5 Å². The van der Waals surface area contributed by atoms with Crippen molar-refractivity contribution < 1.29 is 9.47 Å². The van der Waals surface area contributed by atoms with Gasteiger partial charge < -0.3 is 20.1 Å². The van der Waals surface area contributed by atoms with Crippen molar-refractivity contribution in [3.05, 3.63) is 54.1 Å². The van der Waals surface area contributed by atoms with Crippen molar-refractivity contribution >= 4 is 23.0 Å². The van der Waals surface area contributed by atoms with Crippen molar-refractivity contribution in [1.29, 1.82) is 0 Å². The molecule has 0 aliphatic rings. The van der Waals surface area contributed by atoms with Crippen LogP contribution in [0.5, 0.6) is 11.5 Å². The van der Waals surface area contributed by atoms with E-state index in [9.17, 15) is 0 Å². The molecule has 4 nitrogen and oxygen atoms in total. The Balaban J connectivity index is 1.90. The summed E-state index contributed by atoms with van der Waals surface area (Å²) in [5.74, 6) is 1.69. The summed E-state index contributed by atoms with van der Waals surface area (Å²) in [5.41, 5.74) is 2.06. The third-order valence-electron chi connectivity index (χ3n) is 3.39. The second-order valence-electron chi connectivity index (χ2n) is 5.05. The number of benzene rings is 2. The summed E-state index contributed by atoms with van der Waals surface area (Å²) in [5, 5.41) is 7.03. The highest BCUT2D eigenvalue weighted by Crippen LogP contribution is 2.18. The molecule has 0 amide bonds. The molecule has 0 aromatic heterocycles. The summed E-state index contributed by atoms with van der Waals surface area (Å²) < 4.78 is 10.6. The third kappa shape index (κ3) is 5.14. The molecule has 0 aliphatic carbocycles. The van der Waals surface area contributed by atoms with E-state index < -0.39 is 0 Å². The lowest BCUT2D eigenvalue weighted by molar-refractivity contribution is 0.340. The third-order valence-corrected chi connectivity index (χ3v) is 3.61. The highest BCUT2D eigenvalue weighted by atomic mass is 32.1. The molecule has 5 heteroatoms. The number of anilines is 1. The minimum absolute atomic E-state index is 0.101. The number of methoxy groups -OCH3 is 1. The van der Waals surface area contributed by atoms with Gasteiger partial charge in [0.25, 0.3) is 0 Å². The van der Waals surface area contributed by atoms with Crippen LogP contribution in [0.15, 0.2) is 48.5 Å². The standard InChI is InChI=1S/C18H22N2O2S/c1-4-22-17-11-7-15(8-12-17)20-18(23)19-13(2)14-5-9-16(21-3)10-6-14/h5-13H,4H2,1-3H3,(H2,19,20,23)/t13-/m0/s1. The number of nitrogens with one attached hydrogen (secondary N) is 2. The highest BCUT2D eigenvalue weighted by molar-refractivity contribution is 7.80. The highest BCUT2D eigenvalue weighted by Gasteiger charge is 2.07. The van der Waals surface area contributed by atoms with Gasteiger partial charge in [0.15, 0.2) is 5.11 Å². The Morgan fingerprint density at radius 1 is 1.04 bits per heavy atom. The van der Waals surface area contributed by atoms with Crippen molar-refractivity contribution in [2.24, 2.45) is 0 Å². The molecule has 0 heterocycles. The molecule has 0 bridgehead atoms. The molecule has 0 saturated heterocycles. The Morgan fingerprint density at radius 3 is 2.22 bits per heavy atom. The molecule has 23 heavy (non-hydrogen) atoms. The van der Waals surface area contributed by atoms with Gasteiger partial charge in [-0.3, -0.25) is 0 Å². The monoisotopic (exact) mass is 330 g/mol. The fraction of sp³-hybridized carbons (Fsp3) is 0.278. The first kappa shape index (κ1) is 17.1. The van der Waals surface area contributed by atoms with Gasteiger partial charge in [0.1, 0.15) is 11.5 Å². The van der Waals surface area contributed by atoms with Gasteiger partial charge in [-0.25, -0.2) is 0 Å². The lowest BCUT2D eigenvalue weighted by Crippen LogP contribution is -2.30. The van der Waals surface area contributed by atoms with Crippen molar-refractivity contribution in [3.63, 3.8) is 0 Å². The van der Waals surface area contributed by atoms with E-state index in [4.69, 9.17) is 21.7 Å². The Labute approximate surface area is 142 Å². The van der Waals surface area contributed by atoms with Crippen LogP contribution in [0.25, 0.3) is 0 Å². The maximum atomic E-state index is 5.42. The minimum atomic E-state index is 0.101. The van der Waals surface area contributed by atoms with Crippen LogP contribution in [-0.2, 0) is 0 Å². The van der Waals surface area contributed by atoms with E-state index in [2.05, 4.69) is 17.6 Å². The van der Waals surface area contributed by atoms with Crippen LogP contribution >= 0.6 is 12.2 Å². The molecule has 2 N–H and O–H groups in total. The predicted octanol–water partition coefficient (Wildman–Crippen LogP) is 4.14. The molecular weight excluding hydrogens is 308 g/mol. The lowest BCUT2D eigenvalue weighted by Gasteiger charge is -2.18. The Kier molecular flexibility index (Phi) is 6.23. The van der Waals surface area contributed by atoms with Crippen molar-refractivity contribution in [2.75, 3.05) is 19.0 Å². The number of hydrogen-bond donors (Lipinski definition) is 2. The first-order valence-electron chi connectivity index (χ1n) is 7.56. The van der Waals surface area contributed by atoms with Crippen LogP contribution in [0.1, 0.15) is 25.5 Å². The van der Waals surface area contributed by atoms with E-state index in [0.29, 0.717) is 11.7 Å². The first-order chi connectivity index (χ1) is 11.1. The minimum Gasteiger partial charge on any atom is -0.497 e. The van der Waals surface area contributed by atoms with Gasteiger partial charge in [0, 0.05) is 5.69 Å². The zero-order valence-corrected chi connectivity index (χ0v) is 14.4. The number of ether oxygens (including phenoxy) is 2. The fourth-order valence-corrected chi connectivity index (χ4v) is 2.44. The van der Waals surface area contributed by atoms with Crippen LogP contribution in [-0.4, -0.2) is 18.8 Å². The average molecular weight is 330 g/mol. The number of rotatable bonds is 6. The molecule has 0 spiro atoms. The van der Waals surface area contributed by atoms with Gasteiger partial charge in [-0.15, -0.1) is 0 Å². The van der Waals surface area contributed by atoms with E-state index in [1.54, 1.807) is 7.11 Å². The van der Waals surface area contributed by atoms with Crippen LogP contribution < -0.4 is 20.1 Å². The summed E-state index contributed by atoms with van der Waals surface area (Å²) in [7, 11) is 1.66. The van der Waals surface area contributed by atoms with Crippen molar-refractivity contribution in [3.8, 4) is 11.5 Å². The summed E-state index contributed by atoms with van der Waals surface area (Å²) in [4.78, 5) is 0. The van der Waals surface area contributed by atoms with E-state index in [-0.39, 0.29) is 6.04 Å². The van der Waals surface area contributed by atoms with E-state index in [0.717, 1.165) is 22.7 Å². The van der Waals surface area contributed by atoms with Gasteiger partial charge in [-0.2, -0.15) is 0 Å². The SMILES string of the molecule is CCOc1ccc(NC(=S)N[C@@H](C)c2ccc(OC)cc2)cc1. The van der Waals surface area contributed by atoms with Crippen LogP contribution in [0.4, 0.5) is 5.69 Å². The van der Waals surface area contributed by atoms with Gasteiger partial charge in [-0.1, -0.05) is 12.1 Å². The molecule has 0 saturated carbocycles. The molecule has 2 aromatic rings. The molecule has 0 aliphatic heterocycles. The summed E-state index contributed by atoms with van der Waals surface area (Å²) >= 11 is 5.37. The lowest BCUT2D eigenvalue weighted by atomic mass is 10.1. The largest absolute Gasteiger partial charge is 0.497 e. The van der Waals surface area contributed by atoms with Crippen LogP contribution in [0.2, 0.25) is 0 Å².